The van der Waals surface area contributed by atoms with Gasteiger partial charge in [0.15, 0.2) is 12.2 Å². The van der Waals surface area contributed by atoms with E-state index in [1.807, 2.05) is 13.8 Å². The zero-order valence-electron chi connectivity index (χ0n) is 20.3. The van der Waals surface area contributed by atoms with Crippen LogP contribution in [0.1, 0.15) is 50.7 Å². The summed E-state index contributed by atoms with van der Waals surface area (Å²) in [7, 11) is 0. The van der Waals surface area contributed by atoms with Gasteiger partial charge in [0.25, 0.3) is 11.8 Å². The molecule has 0 spiro atoms. The number of benzene rings is 2. The number of halogens is 2. The highest BCUT2D eigenvalue weighted by Crippen LogP contribution is 2.23. The van der Waals surface area contributed by atoms with E-state index in [9.17, 15) is 9.59 Å². The van der Waals surface area contributed by atoms with Gasteiger partial charge in [-0.25, -0.2) is 0 Å². The average molecular weight is 509 g/mol. The van der Waals surface area contributed by atoms with Crippen molar-refractivity contribution in [1.82, 2.24) is 10.6 Å². The third kappa shape index (κ3) is 9.43. The number of ether oxygens (including phenoxy) is 2. The van der Waals surface area contributed by atoms with E-state index in [0.29, 0.717) is 34.6 Å². The summed E-state index contributed by atoms with van der Waals surface area (Å²) < 4.78 is 11.5. The molecule has 0 aliphatic carbocycles. The molecule has 2 rings (SSSR count). The smallest absolute Gasteiger partial charge is 0.260 e. The zero-order chi connectivity index (χ0) is 25.1. The second-order valence-electron chi connectivity index (χ2n) is 8.34. The minimum atomic E-state index is -0.587. The van der Waals surface area contributed by atoms with Crippen molar-refractivity contribution in [2.24, 2.45) is 0 Å². The predicted molar refractivity (Wildman–Crippen MR) is 137 cm³/mol. The van der Waals surface area contributed by atoms with Crippen molar-refractivity contribution >= 4 is 35.0 Å². The fourth-order valence-electron chi connectivity index (χ4n) is 3.29. The van der Waals surface area contributed by atoms with Crippen molar-refractivity contribution in [3.05, 3.63) is 57.6 Å². The molecule has 0 bridgehead atoms. The molecule has 0 saturated carbocycles. The number of hydrogen-bond acceptors (Lipinski definition) is 4. The first-order valence-electron chi connectivity index (χ1n) is 11.6. The molecule has 0 saturated heterocycles. The lowest BCUT2D eigenvalue weighted by molar-refractivity contribution is -0.128. The highest BCUT2D eigenvalue weighted by atomic mass is 35.5. The molecule has 6 nitrogen and oxygen atoms in total. The van der Waals surface area contributed by atoms with Crippen LogP contribution >= 0.6 is 23.2 Å². The molecule has 0 radical (unpaired) electrons. The van der Waals surface area contributed by atoms with Gasteiger partial charge in [-0.05, 0) is 88.1 Å². The quantitative estimate of drug-likeness (QED) is 0.343. The standard InChI is InChI=1S/C26H34Cl2N2O4/c1-17-15-21(27)9-11-23(17)33-19(3)25(31)29-13-7-5-6-8-14-30-26(32)20(4)34-24-12-10-22(28)16-18(24)2/h9-12,15-16,19-20H,5-8,13-14H2,1-4H3,(H,29,31)(H,30,32)/t19-,20-/m0/s1. The Balaban J connectivity index is 1.54. The lowest BCUT2D eigenvalue weighted by Gasteiger charge is -2.17. The fourth-order valence-corrected chi connectivity index (χ4v) is 3.75. The van der Waals surface area contributed by atoms with Gasteiger partial charge in [0.1, 0.15) is 11.5 Å². The summed E-state index contributed by atoms with van der Waals surface area (Å²) in [5.74, 6) is 1.01. The van der Waals surface area contributed by atoms with E-state index < -0.39 is 12.2 Å². The van der Waals surface area contributed by atoms with Crippen LogP contribution in [0.5, 0.6) is 11.5 Å². The molecule has 2 N–H and O–H groups in total. The zero-order valence-corrected chi connectivity index (χ0v) is 21.8. The van der Waals surface area contributed by atoms with Crippen molar-refractivity contribution in [1.29, 1.82) is 0 Å². The number of unbranched alkanes of at least 4 members (excludes halogenated alkanes) is 3. The molecular weight excluding hydrogens is 475 g/mol. The SMILES string of the molecule is Cc1cc(Cl)ccc1O[C@@H](C)C(=O)NCCCCCCNC(=O)[C@H](C)Oc1ccc(Cl)cc1C. The van der Waals surface area contributed by atoms with E-state index in [1.165, 1.54) is 0 Å². The first kappa shape index (κ1) is 27.8. The maximum atomic E-state index is 12.2. The van der Waals surface area contributed by atoms with Crippen molar-refractivity contribution < 1.29 is 19.1 Å². The van der Waals surface area contributed by atoms with Gasteiger partial charge in [0.2, 0.25) is 0 Å². The maximum absolute atomic E-state index is 12.2. The van der Waals surface area contributed by atoms with Gasteiger partial charge in [0, 0.05) is 23.1 Å². The predicted octanol–water partition coefficient (Wildman–Crippen LogP) is 5.64. The van der Waals surface area contributed by atoms with Crippen molar-refractivity contribution in [2.45, 2.75) is 65.6 Å². The lowest BCUT2D eigenvalue weighted by Crippen LogP contribution is -2.37. The molecule has 8 heteroatoms. The third-order valence-corrected chi connectivity index (χ3v) is 5.79. The highest BCUT2D eigenvalue weighted by Gasteiger charge is 2.16. The van der Waals surface area contributed by atoms with Crippen LogP contribution in [0.2, 0.25) is 10.0 Å². The number of carbonyl (C=O) groups excluding carboxylic acids is 2. The van der Waals surface area contributed by atoms with Gasteiger partial charge in [-0.15, -0.1) is 0 Å². The topological polar surface area (TPSA) is 76.7 Å². The van der Waals surface area contributed by atoms with E-state index in [0.717, 1.165) is 36.8 Å². The Morgan fingerprint density at radius 3 is 1.47 bits per heavy atom. The maximum Gasteiger partial charge on any atom is 0.260 e. The number of hydrogen-bond donors (Lipinski definition) is 2. The second kappa shape index (κ2) is 14.1. The van der Waals surface area contributed by atoms with Gasteiger partial charge >= 0.3 is 0 Å². The highest BCUT2D eigenvalue weighted by molar-refractivity contribution is 6.31. The molecule has 2 aromatic rings. The largest absolute Gasteiger partial charge is 0.481 e. The van der Waals surface area contributed by atoms with Gasteiger partial charge < -0.3 is 20.1 Å². The first-order chi connectivity index (χ1) is 16.2. The number of amides is 2. The van der Waals surface area contributed by atoms with E-state index in [1.54, 1.807) is 50.2 Å². The second-order valence-corrected chi connectivity index (χ2v) is 9.21. The molecule has 186 valence electrons. The van der Waals surface area contributed by atoms with Crippen molar-refractivity contribution in [3.8, 4) is 11.5 Å². The molecule has 0 unspecified atom stereocenters. The minimum absolute atomic E-state index is 0.147. The molecule has 0 heterocycles. The van der Waals surface area contributed by atoms with Gasteiger partial charge in [-0.2, -0.15) is 0 Å². The molecule has 2 atom stereocenters. The number of nitrogens with one attached hydrogen (secondary N) is 2. The molecule has 2 amide bonds. The Hall–Kier alpha value is -2.44. The van der Waals surface area contributed by atoms with Crippen LogP contribution in [-0.2, 0) is 9.59 Å². The first-order valence-corrected chi connectivity index (χ1v) is 12.3. The minimum Gasteiger partial charge on any atom is -0.481 e. The molecule has 2 aromatic carbocycles. The van der Waals surface area contributed by atoms with Crippen molar-refractivity contribution in [2.75, 3.05) is 13.1 Å². The summed E-state index contributed by atoms with van der Waals surface area (Å²) in [6, 6.07) is 10.6. The molecule has 0 aliphatic heterocycles. The van der Waals surface area contributed by atoms with Gasteiger partial charge in [-0.1, -0.05) is 36.0 Å². The number of carbonyl (C=O) groups is 2. The molecule has 0 aromatic heterocycles. The summed E-state index contributed by atoms with van der Waals surface area (Å²) in [4.78, 5) is 24.5. The van der Waals surface area contributed by atoms with E-state index >= 15 is 0 Å². The molecular formula is C26H34Cl2N2O4. The summed E-state index contributed by atoms with van der Waals surface area (Å²) in [5, 5.41) is 7.08. The Morgan fingerprint density at radius 1 is 0.735 bits per heavy atom. The van der Waals surface area contributed by atoms with E-state index in [-0.39, 0.29) is 11.8 Å². The normalized spacial score (nSPS) is 12.5. The number of rotatable bonds is 13. The Bertz CT molecular complexity index is 890. The summed E-state index contributed by atoms with van der Waals surface area (Å²) in [6.45, 7) is 8.41. The Labute approximate surface area is 212 Å². The summed E-state index contributed by atoms with van der Waals surface area (Å²) >= 11 is 11.9. The van der Waals surface area contributed by atoms with E-state index in [2.05, 4.69) is 10.6 Å². The third-order valence-electron chi connectivity index (χ3n) is 5.32. The van der Waals surface area contributed by atoms with Crippen molar-refractivity contribution in [3.63, 3.8) is 0 Å². The summed E-state index contributed by atoms with van der Waals surface area (Å²) in [5.41, 5.74) is 1.78. The molecule has 34 heavy (non-hydrogen) atoms. The van der Waals surface area contributed by atoms with Gasteiger partial charge in [0.05, 0.1) is 0 Å². The summed E-state index contributed by atoms with van der Waals surface area (Å²) in [6.07, 6.45) is 2.46. The lowest BCUT2D eigenvalue weighted by atomic mass is 10.2. The van der Waals surface area contributed by atoms with Crippen LogP contribution < -0.4 is 20.1 Å². The molecule has 0 fully saturated rings. The Morgan fingerprint density at radius 2 is 1.12 bits per heavy atom. The van der Waals surface area contributed by atoms with Crippen LogP contribution in [-0.4, -0.2) is 37.1 Å². The van der Waals surface area contributed by atoms with Crippen LogP contribution in [0.3, 0.4) is 0 Å². The Kier molecular flexibility index (Phi) is 11.5. The molecule has 0 aliphatic rings. The van der Waals surface area contributed by atoms with Crippen LogP contribution in [0.25, 0.3) is 0 Å². The van der Waals surface area contributed by atoms with Crippen LogP contribution in [0, 0.1) is 13.8 Å². The van der Waals surface area contributed by atoms with E-state index in [4.69, 9.17) is 32.7 Å². The fraction of sp³-hybridized carbons (Fsp3) is 0.462. The van der Waals surface area contributed by atoms with Crippen LogP contribution in [0.15, 0.2) is 36.4 Å². The monoisotopic (exact) mass is 508 g/mol. The van der Waals surface area contributed by atoms with Crippen LogP contribution in [0.4, 0.5) is 0 Å². The number of aryl methyl sites for hydroxylation is 2. The van der Waals surface area contributed by atoms with Gasteiger partial charge in [-0.3, -0.25) is 9.59 Å². The average Bonchev–Trinajstić information content (AvgIpc) is 2.78.